The normalized spacial score (nSPS) is 28.5. The van der Waals surface area contributed by atoms with E-state index in [4.69, 9.17) is 4.74 Å². The SMILES string of the molecule is CC(C)(C)c1ccc(CN2C[C@@H]3[C@H](COCCCN4CCCCC4)[C@@H]3C2)cc1. The van der Waals surface area contributed by atoms with Gasteiger partial charge in [-0.25, -0.2) is 0 Å². The molecule has 3 fully saturated rings. The number of piperidine rings is 2. The number of hydrogen-bond acceptors (Lipinski definition) is 3. The maximum Gasteiger partial charge on any atom is 0.0500 e. The maximum atomic E-state index is 6.04. The molecule has 3 atom stereocenters. The van der Waals surface area contributed by atoms with E-state index in [-0.39, 0.29) is 5.41 Å². The zero-order valence-electron chi connectivity index (χ0n) is 18.3. The van der Waals surface area contributed by atoms with Crippen LogP contribution < -0.4 is 0 Å². The van der Waals surface area contributed by atoms with Gasteiger partial charge >= 0.3 is 0 Å². The van der Waals surface area contributed by atoms with Gasteiger partial charge in [-0.15, -0.1) is 0 Å². The van der Waals surface area contributed by atoms with Crippen molar-refractivity contribution in [3.8, 4) is 0 Å². The van der Waals surface area contributed by atoms with Crippen molar-refractivity contribution in [2.75, 3.05) is 45.9 Å². The Hall–Kier alpha value is -0.900. The number of hydrogen-bond donors (Lipinski definition) is 0. The van der Waals surface area contributed by atoms with E-state index in [0.717, 1.165) is 37.5 Å². The minimum absolute atomic E-state index is 0.245. The Morgan fingerprint density at radius 2 is 1.61 bits per heavy atom. The number of nitrogens with zero attached hydrogens (tertiary/aromatic N) is 2. The number of likely N-dealkylation sites (tertiary alicyclic amines) is 2. The van der Waals surface area contributed by atoms with Crippen molar-refractivity contribution in [1.82, 2.24) is 9.80 Å². The molecule has 156 valence electrons. The van der Waals surface area contributed by atoms with Crippen LogP contribution in [0.1, 0.15) is 57.6 Å². The first-order chi connectivity index (χ1) is 13.5. The summed E-state index contributed by atoms with van der Waals surface area (Å²) in [6.45, 7) is 16.3. The third kappa shape index (κ3) is 5.17. The van der Waals surface area contributed by atoms with Crippen molar-refractivity contribution in [2.24, 2.45) is 17.8 Å². The number of benzene rings is 1. The summed E-state index contributed by atoms with van der Waals surface area (Å²) in [7, 11) is 0. The summed E-state index contributed by atoms with van der Waals surface area (Å²) < 4.78 is 6.04. The van der Waals surface area contributed by atoms with Crippen LogP contribution >= 0.6 is 0 Å². The largest absolute Gasteiger partial charge is 0.381 e. The minimum Gasteiger partial charge on any atom is -0.381 e. The molecule has 2 heterocycles. The Balaban J connectivity index is 1.09. The van der Waals surface area contributed by atoms with Crippen LogP contribution in [-0.4, -0.2) is 55.7 Å². The molecule has 3 aliphatic rings. The first-order valence-corrected chi connectivity index (χ1v) is 11.6. The Morgan fingerprint density at radius 1 is 0.929 bits per heavy atom. The van der Waals surface area contributed by atoms with Gasteiger partial charge in [0.25, 0.3) is 0 Å². The van der Waals surface area contributed by atoms with Crippen LogP contribution in [0.15, 0.2) is 24.3 Å². The lowest BCUT2D eigenvalue weighted by molar-refractivity contribution is 0.0967. The summed E-state index contributed by atoms with van der Waals surface area (Å²) in [5, 5.41) is 0. The molecule has 0 spiro atoms. The monoisotopic (exact) mass is 384 g/mol. The van der Waals surface area contributed by atoms with Gasteiger partial charge in [-0.05, 0) is 66.6 Å². The first-order valence-electron chi connectivity index (χ1n) is 11.6. The summed E-state index contributed by atoms with van der Waals surface area (Å²) in [6.07, 6.45) is 5.42. The van der Waals surface area contributed by atoms with E-state index >= 15 is 0 Å². The number of rotatable bonds is 8. The van der Waals surface area contributed by atoms with Crippen molar-refractivity contribution in [3.63, 3.8) is 0 Å². The second kappa shape index (κ2) is 8.85. The lowest BCUT2D eigenvalue weighted by Crippen LogP contribution is -2.31. The van der Waals surface area contributed by atoms with Crippen molar-refractivity contribution in [2.45, 2.75) is 58.4 Å². The zero-order valence-corrected chi connectivity index (χ0v) is 18.3. The molecule has 0 aromatic heterocycles. The molecule has 1 aliphatic carbocycles. The average Bonchev–Trinajstić information content (AvgIpc) is 3.13. The highest BCUT2D eigenvalue weighted by molar-refractivity contribution is 5.27. The molecule has 3 heteroatoms. The average molecular weight is 385 g/mol. The van der Waals surface area contributed by atoms with E-state index in [0.29, 0.717) is 0 Å². The summed E-state index contributed by atoms with van der Waals surface area (Å²) in [5.74, 6) is 2.64. The molecule has 1 saturated carbocycles. The fraction of sp³-hybridized carbons (Fsp3) is 0.760. The van der Waals surface area contributed by atoms with Crippen LogP contribution in [0.25, 0.3) is 0 Å². The predicted molar refractivity (Wildman–Crippen MR) is 117 cm³/mol. The second-order valence-corrected chi connectivity index (χ2v) is 10.5. The van der Waals surface area contributed by atoms with Crippen LogP contribution in [0.2, 0.25) is 0 Å². The summed E-state index contributed by atoms with van der Waals surface area (Å²) in [4.78, 5) is 5.26. The zero-order chi connectivity index (χ0) is 19.6. The van der Waals surface area contributed by atoms with Crippen molar-refractivity contribution in [1.29, 1.82) is 0 Å². The molecule has 28 heavy (non-hydrogen) atoms. The van der Waals surface area contributed by atoms with Crippen LogP contribution in [0.4, 0.5) is 0 Å². The first kappa shape index (κ1) is 20.4. The Bertz CT molecular complexity index is 602. The molecular formula is C25H40N2O. The highest BCUT2D eigenvalue weighted by Crippen LogP contribution is 2.52. The quantitative estimate of drug-likeness (QED) is 0.611. The molecule has 3 nitrogen and oxygen atoms in total. The van der Waals surface area contributed by atoms with Gasteiger partial charge in [0.2, 0.25) is 0 Å². The summed E-state index contributed by atoms with van der Waals surface area (Å²) in [5.41, 5.74) is 3.13. The minimum atomic E-state index is 0.245. The molecule has 2 aliphatic heterocycles. The number of fused-ring (bicyclic) bond motifs is 1. The topological polar surface area (TPSA) is 15.7 Å². The van der Waals surface area contributed by atoms with Gasteiger partial charge in [0, 0.05) is 32.8 Å². The van der Waals surface area contributed by atoms with Crippen molar-refractivity contribution < 1.29 is 4.74 Å². The lowest BCUT2D eigenvalue weighted by atomic mass is 9.87. The molecule has 0 unspecified atom stereocenters. The second-order valence-electron chi connectivity index (χ2n) is 10.5. The van der Waals surface area contributed by atoms with Gasteiger partial charge in [-0.1, -0.05) is 51.5 Å². The van der Waals surface area contributed by atoms with Gasteiger partial charge in [0.1, 0.15) is 0 Å². The number of ether oxygens (including phenoxy) is 1. The van der Waals surface area contributed by atoms with Gasteiger partial charge in [-0.3, -0.25) is 4.90 Å². The molecule has 1 aromatic carbocycles. The molecule has 0 radical (unpaired) electrons. The van der Waals surface area contributed by atoms with E-state index < -0.39 is 0 Å². The van der Waals surface area contributed by atoms with E-state index in [2.05, 4.69) is 54.8 Å². The smallest absolute Gasteiger partial charge is 0.0500 e. The Kier molecular flexibility index (Phi) is 6.44. The fourth-order valence-electron chi connectivity index (χ4n) is 5.27. The Labute approximate surface area is 172 Å². The van der Waals surface area contributed by atoms with E-state index in [1.807, 2.05) is 0 Å². The van der Waals surface area contributed by atoms with Crippen molar-refractivity contribution in [3.05, 3.63) is 35.4 Å². The third-order valence-corrected chi connectivity index (χ3v) is 7.20. The lowest BCUT2D eigenvalue weighted by Gasteiger charge is -2.26. The molecular weight excluding hydrogens is 344 g/mol. The standard InChI is InChI=1S/C25H40N2O/c1-25(2,3)21-10-8-20(9-11-21)16-27-17-22-23(18-27)24(22)19-28-15-7-14-26-12-5-4-6-13-26/h8-11,22-24H,4-7,12-19H2,1-3H3/t22-,23+,24-. The van der Waals surface area contributed by atoms with Crippen LogP contribution in [0.5, 0.6) is 0 Å². The highest BCUT2D eigenvalue weighted by atomic mass is 16.5. The fourth-order valence-corrected chi connectivity index (χ4v) is 5.27. The van der Waals surface area contributed by atoms with Crippen LogP contribution in [-0.2, 0) is 16.7 Å². The highest BCUT2D eigenvalue weighted by Gasteiger charge is 2.55. The third-order valence-electron chi connectivity index (χ3n) is 7.20. The summed E-state index contributed by atoms with van der Waals surface area (Å²) in [6, 6.07) is 9.28. The molecule has 0 N–H and O–H groups in total. The molecule has 4 rings (SSSR count). The summed E-state index contributed by atoms with van der Waals surface area (Å²) >= 11 is 0. The molecule has 1 aromatic rings. The van der Waals surface area contributed by atoms with Crippen molar-refractivity contribution >= 4 is 0 Å². The van der Waals surface area contributed by atoms with Gasteiger partial charge < -0.3 is 9.64 Å². The molecule has 2 saturated heterocycles. The van der Waals surface area contributed by atoms with Crippen LogP contribution in [0.3, 0.4) is 0 Å². The molecule has 0 amide bonds. The van der Waals surface area contributed by atoms with Crippen LogP contribution in [0, 0.1) is 17.8 Å². The maximum absolute atomic E-state index is 6.04. The van der Waals surface area contributed by atoms with E-state index in [1.165, 1.54) is 69.5 Å². The van der Waals surface area contributed by atoms with E-state index in [1.54, 1.807) is 0 Å². The molecule has 0 bridgehead atoms. The predicted octanol–water partition coefficient (Wildman–Crippen LogP) is 4.55. The van der Waals surface area contributed by atoms with E-state index in [9.17, 15) is 0 Å². The van der Waals surface area contributed by atoms with Gasteiger partial charge in [-0.2, -0.15) is 0 Å². The van der Waals surface area contributed by atoms with Gasteiger partial charge in [0.15, 0.2) is 0 Å². The van der Waals surface area contributed by atoms with Gasteiger partial charge in [0.05, 0.1) is 6.61 Å². The Morgan fingerprint density at radius 3 is 2.25 bits per heavy atom.